The number of carboxylic acid groups (broad SMARTS) is 1. The lowest BCUT2D eigenvalue weighted by Gasteiger charge is -2.20. The van der Waals surface area contributed by atoms with Crippen molar-refractivity contribution < 1.29 is 19.5 Å². The van der Waals surface area contributed by atoms with Crippen molar-refractivity contribution in [1.82, 2.24) is 19.9 Å². The van der Waals surface area contributed by atoms with Crippen molar-refractivity contribution in [1.29, 1.82) is 0 Å². The fraction of sp³-hybridized carbons (Fsp3) is 0.545. The highest BCUT2D eigenvalue weighted by Crippen LogP contribution is 2.29. The first-order valence-corrected chi connectivity index (χ1v) is 6.03. The van der Waals surface area contributed by atoms with Crippen LogP contribution < -0.4 is 5.73 Å². The second-order valence-electron chi connectivity index (χ2n) is 5.10. The quantitative estimate of drug-likeness (QED) is 0.705. The van der Waals surface area contributed by atoms with Crippen molar-refractivity contribution >= 4 is 17.8 Å². The molecule has 0 radical (unpaired) electrons. The molecule has 2 heterocycles. The van der Waals surface area contributed by atoms with Gasteiger partial charge in [-0.2, -0.15) is 0 Å². The van der Waals surface area contributed by atoms with Gasteiger partial charge in [-0.25, -0.2) is 9.48 Å². The Labute approximate surface area is 114 Å². The minimum Gasteiger partial charge on any atom is -0.476 e. The monoisotopic (exact) mass is 281 g/mol. The summed E-state index contributed by atoms with van der Waals surface area (Å²) in [6.45, 7) is 2.32. The molecule has 0 bridgehead atoms. The Bertz CT molecular complexity index is 569. The number of rotatable bonds is 4. The van der Waals surface area contributed by atoms with Crippen molar-refractivity contribution in [2.75, 3.05) is 13.1 Å². The van der Waals surface area contributed by atoms with Gasteiger partial charge >= 0.3 is 5.97 Å². The van der Waals surface area contributed by atoms with E-state index in [4.69, 9.17) is 10.8 Å². The standard InChI is InChI=1S/C11H15N5O4/c1-11(10(12)20)2-3-15(6-11)8(17)5-16-4-7(9(18)19)13-14-16/h4H,2-3,5-6H2,1H3,(H2,12,20)(H,18,19). The number of hydrogen-bond acceptors (Lipinski definition) is 5. The minimum absolute atomic E-state index is 0.116. The summed E-state index contributed by atoms with van der Waals surface area (Å²) in [4.78, 5) is 35.5. The van der Waals surface area contributed by atoms with Gasteiger partial charge in [0.2, 0.25) is 11.8 Å². The first-order chi connectivity index (χ1) is 9.32. The molecule has 2 rings (SSSR count). The molecule has 1 aromatic heterocycles. The molecule has 1 aliphatic rings. The Hall–Kier alpha value is -2.45. The fourth-order valence-corrected chi connectivity index (χ4v) is 2.09. The molecule has 9 heteroatoms. The van der Waals surface area contributed by atoms with Gasteiger partial charge in [-0.1, -0.05) is 5.21 Å². The van der Waals surface area contributed by atoms with E-state index in [1.807, 2.05) is 0 Å². The van der Waals surface area contributed by atoms with E-state index in [-0.39, 0.29) is 24.7 Å². The van der Waals surface area contributed by atoms with Crippen LogP contribution in [0.4, 0.5) is 0 Å². The summed E-state index contributed by atoms with van der Waals surface area (Å²) in [5.74, 6) is -1.88. The van der Waals surface area contributed by atoms with Crippen LogP contribution in [-0.2, 0) is 16.1 Å². The first-order valence-electron chi connectivity index (χ1n) is 6.03. The third-order valence-corrected chi connectivity index (χ3v) is 3.48. The van der Waals surface area contributed by atoms with E-state index in [0.717, 1.165) is 4.68 Å². The summed E-state index contributed by atoms with van der Waals surface area (Å²) in [7, 11) is 0. The lowest BCUT2D eigenvalue weighted by Crippen LogP contribution is -2.39. The third kappa shape index (κ3) is 2.60. The van der Waals surface area contributed by atoms with E-state index in [1.165, 1.54) is 11.1 Å². The van der Waals surface area contributed by atoms with Crippen LogP contribution in [0.3, 0.4) is 0 Å². The average molecular weight is 281 g/mol. The highest BCUT2D eigenvalue weighted by Gasteiger charge is 2.40. The predicted molar refractivity (Wildman–Crippen MR) is 65.5 cm³/mol. The molecule has 2 amide bonds. The number of nitrogens with two attached hydrogens (primary N) is 1. The minimum atomic E-state index is -1.20. The molecule has 0 aromatic carbocycles. The van der Waals surface area contributed by atoms with Gasteiger partial charge in [-0.3, -0.25) is 9.59 Å². The zero-order chi connectivity index (χ0) is 14.9. The zero-order valence-electron chi connectivity index (χ0n) is 10.9. The van der Waals surface area contributed by atoms with Gasteiger partial charge < -0.3 is 15.7 Å². The van der Waals surface area contributed by atoms with Gasteiger partial charge in [0.05, 0.1) is 11.6 Å². The van der Waals surface area contributed by atoms with E-state index in [2.05, 4.69) is 10.3 Å². The molecule has 108 valence electrons. The van der Waals surface area contributed by atoms with Crippen molar-refractivity contribution in [2.45, 2.75) is 19.9 Å². The summed E-state index contributed by atoms with van der Waals surface area (Å²) in [5, 5.41) is 15.7. The SMILES string of the molecule is CC1(C(N)=O)CCN(C(=O)Cn2cc(C(=O)O)nn2)C1. The largest absolute Gasteiger partial charge is 0.476 e. The van der Waals surface area contributed by atoms with Crippen LogP contribution in [0.1, 0.15) is 23.8 Å². The third-order valence-electron chi connectivity index (χ3n) is 3.48. The maximum Gasteiger partial charge on any atom is 0.358 e. The lowest BCUT2D eigenvalue weighted by molar-refractivity contribution is -0.132. The van der Waals surface area contributed by atoms with Crippen molar-refractivity contribution in [3.8, 4) is 0 Å². The predicted octanol–water partition coefficient (Wildman–Crippen LogP) is -1.30. The van der Waals surface area contributed by atoms with E-state index >= 15 is 0 Å². The molecular formula is C11H15N5O4. The summed E-state index contributed by atoms with van der Waals surface area (Å²) < 4.78 is 1.16. The molecule has 20 heavy (non-hydrogen) atoms. The van der Waals surface area contributed by atoms with Crippen molar-refractivity contribution in [3.63, 3.8) is 0 Å². The molecule has 3 N–H and O–H groups in total. The second kappa shape index (κ2) is 4.91. The van der Waals surface area contributed by atoms with Crippen LogP contribution >= 0.6 is 0 Å². The molecule has 9 nitrogen and oxygen atoms in total. The topological polar surface area (TPSA) is 131 Å². The number of aromatic carboxylic acids is 1. The number of primary amides is 1. The molecule has 1 aliphatic heterocycles. The van der Waals surface area contributed by atoms with E-state index in [0.29, 0.717) is 13.0 Å². The Morgan fingerprint density at radius 1 is 1.50 bits per heavy atom. The molecule has 1 unspecified atom stereocenters. The summed E-state index contributed by atoms with van der Waals surface area (Å²) >= 11 is 0. The van der Waals surface area contributed by atoms with Gasteiger partial charge in [0.1, 0.15) is 6.54 Å². The maximum absolute atomic E-state index is 12.0. The molecule has 1 fully saturated rings. The smallest absolute Gasteiger partial charge is 0.358 e. The van der Waals surface area contributed by atoms with Gasteiger partial charge in [0.25, 0.3) is 0 Å². The fourth-order valence-electron chi connectivity index (χ4n) is 2.09. The van der Waals surface area contributed by atoms with Crippen LogP contribution in [-0.4, -0.2) is 55.9 Å². The van der Waals surface area contributed by atoms with Gasteiger partial charge in [0, 0.05) is 13.1 Å². The van der Waals surface area contributed by atoms with Crippen LogP contribution in [0, 0.1) is 5.41 Å². The number of hydrogen-bond donors (Lipinski definition) is 2. The Morgan fingerprint density at radius 3 is 2.70 bits per heavy atom. The molecule has 0 spiro atoms. The number of carboxylic acids is 1. The highest BCUT2D eigenvalue weighted by atomic mass is 16.4. The van der Waals surface area contributed by atoms with Crippen molar-refractivity contribution in [3.05, 3.63) is 11.9 Å². The summed E-state index contributed by atoms with van der Waals surface area (Å²) in [5.41, 5.74) is 4.39. The van der Waals surface area contributed by atoms with E-state index < -0.39 is 17.3 Å². The number of carbonyl (C=O) groups excluding carboxylic acids is 2. The highest BCUT2D eigenvalue weighted by molar-refractivity contribution is 5.85. The molecule has 1 atom stereocenters. The van der Waals surface area contributed by atoms with Crippen LogP contribution in [0.2, 0.25) is 0 Å². The lowest BCUT2D eigenvalue weighted by atomic mass is 9.89. The maximum atomic E-state index is 12.0. The number of amides is 2. The van der Waals surface area contributed by atoms with Crippen LogP contribution in [0.15, 0.2) is 6.20 Å². The molecule has 0 aliphatic carbocycles. The zero-order valence-corrected chi connectivity index (χ0v) is 10.9. The number of aromatic nitrogens is 3. The van der Waals surface area contributed by atoms with Gasteiger partial charge in [-0.05, 0) is 13.3 Å². The van der Waals surface area contributed by atoms with E-state index in [1.54, 1.807) is 6.92 Å². The number of carbonyl (C=O) groups is 3. The molecule has 1 aromatic rings. The van der Waals surface area contributed by atoms with Crippen molar-refractivity contribution in [2.24, 2.45) is 11.1 Å². The van der Waals surface area contributed by atoms with E-state index in [9.17, 15) is 14.4 Å². The van der Waals surface area contributed by atoms with Crippen LogP contribution in [0.25, 0.3) is 0 Å². The number of likely N-dealkylation sites (tertiary alicyclic amines) is 1. The Balaban J connectivity index is 1.99. The first kappa shape index (κ1) is 14.0. The molecular weight excluding hydrogens is 266 g/mol. The number of nitrogens with zero attached hydrogens (tertiary/aromatic N) is 4. The second-order valence-corrected chi connectivity index (χ2v) is 5.10. The average Bonchev–Trinajstić information content (AvgIpc) is 2.97. The molecule has 0 saturated carbocycles. The summed E-state index contributed by atoms with van der Waals surface area (Å²) in [6.07, 6.45) is 1.70. The Morgan fingerprint density at radius 2 is 2.20 bits per heavy atom. The van der Waals surface area contributed by atoms with Gasteiger partial charge in [-0.15, -0.1) is 5.10 Å². The normalized spacial score (nSPS) is 21.9. The Kier molecular flexibility index (Phi) is 3.43. The summed E-state index contributed by atoms with van der Waals surface area (Å²) in [6, 6.07) is 0. The van der Waals surface area contributed by atoms with Gasteiger partial charge in [0.15, 0.2) is 5.69 Å². The molecule has 1 saturated heterocycles. The van der Waals surface area contributed by atoms with Crippen LogP contribution in [0.5, 0.6) is 0 Å².